The summed E-state index contributed by atoms with van der Waals surface area (Å²) in [5, 5.41) is 0. The minimum absolute atomic E-state index is 0.0104. The Bertz CT molecular complexity index is 847. The van der Waals surface area contributed by atoms with Crippen LogP contribution < -0.4 is 4.90 Å². The number of amides is 2. The molecule has 1 aromatic carbocycles. The molecule has 140 valence electrons. The van der Waals surface area contributed by atoms with E-state index < -0.39 is 23.4 Å². The zero-order valence-electron chi connectivity index (χ0n) is 15.5. The van der Waals surface area contributed by atoms with E-state index >= 15 is 0 Å². The molecule has 0 saturated carbocycles. The van der Waals surface area contributed by atoms with Gasteiger partial charge in [0, 0.05) is 19.0 Å². The normalized spacial score (nSPS) is 10.5. The number of carbonyl (C=O) groups excluding carboxylic acids is 2. The Morgan fingerprint density at radius 1 is 1.15 bits per heavy atom. The Morgan fingerprint density at radius 2 is 1.85 bits per heavy atom. The van der Waals surface area contributed by atoms with E-state index in [1.54, 1.807) is 39.1 Å². The molecule has 0 saturated heterocycles. The first-order valence-corrected chi connectivity index (χ1v) is 8.48. The first-order chi connectivity index (χ1) is 12.8. The van der Waals surface area contributed by atoms with Crippen molar-refractivity contribution in [3.8, 4) is 11.8 Å². The summed E-state index contributed by atoms with van der Waals surface area (Å²) in [7, 11) is 0. The molecule has 0 aliphatic heterocycles. The van der Waals surface area contributed by atoms with Gasteiger partial charge in [0.15, 0.2) is 0 Å². The highest BCUT2D eigenvalue weighted by Crippen LogP contribution is 2.20. The predicted molar refractivity (Wildman–Crippen MR) is 100 cm³/mol. The molecule has 2 rings (SSSR count). The molecule has 6 heteroatoms. The summed E-state index contributed by atoms with van der Waals surface area (Å²) in [6, 6.07) is 10.5. The molecule has 0 unspecified atom stereocenters. The number of halogens is 1. The van der Waals surface area contributed by atoms with Crippen LogP contribution in [-0.4, -0.2) is 22.6 Å². The van der Waals surface area contributed by atoms with Crippen molar-refractivity contribution in [1.29, 1.82) is 0 Å². The lowest BCUT2D eigenvalue weighted by Crippen LogP contribution is -2.41. The molecule has 2 amide bonds. The summed E-state index contributed by atoms with van der Waals surface area (Å²) < 4.78 is 18.5. The van der Waals surface area contributed by atoms with Gasteiger partial charge >= 0.3 is 6.09 Å². The van der Waals surface area contributed by atoms with Crippen molar-refractivity contribution in [2.24, 2.45) is 0 Å². The van der Waals surface area contributed by atoms with Gasteiger partial charge in [-0.3, -0.25) is 4.79 Å². The van der Waals surface area contributed by atoms with Gasteiger partial charge < -0.3 is 4.74 Å². The average molecular weight is 368 g/mol. The Morgan fingerprint density at radius 3 is 2.44 bits per heavy atom. The number of hydrogen-bond donors (Lipinski definition) is 0. The van der Waals surface area contributed by atoms with Gasteiger partial charge in [0.05, 0.1) is 5.69 Å². The number of imide groups is 1. The molecule has 0 atom stereocenters. The van der Waals surface area contributed by atoms with E-state index in [2.05, 4.69) is 16.8 Å². The van der Waals surface area contributed by atoms with Crippen LogP contribution in [0.3, 0.4) is 0 Å². The molecule has 1 aromatic heterocycles. The van der Waals surface area contributed by atoms with Gasteiger partial charge in [-0.05, 0) is 63.1 Å². The number of nitrogens with zero attached hydrogens (tertiary/aromatic N) is 2. The quantitative estimate of drug-likeness (QED) is 0.757. The summed E-state index contributed by atoms with van der Waals surface area (Å²) in [5.74, 6) is 4.78. The van der Waals surface area contributed by atoms with Gasteiger partial charge in [0.1, 0.15) is 17.1 Å². The molecule has 1 heterocycles. The minimum atomic E-state index is -0.809. The number of hydrogen-bond acceptors (Lipinski definition) is 4. The van der Waals surface area contributed by atoms with Gasteiger partial charge in [0.2, 0.25) is 5.91 Å². The summed E-state index contributed by atoms with van der Waals surface area (Å²) in [4.78, 5) is 30.1. The molecular formula is C21H21FN2O3. The second-order valence-electron chi connectivity index (χ2n) is 6.70. The molecular weight excluding hydrogens is 347 g/mol. The molecule has 0 aliphatic carbocycles. The van der Waals surface area contributed by atoms with Crippen LogP contribution >= 0.6 is 0 Å². The van der Waals surface area contributed by atoms with Crippen molar-refractivity contribution in [3.63, 3.8) is 0 Å². The Kier molecular flexibility index (Phi) is 6.67. The van der Waals surface area contributed by atoms with Gasteiger partial charge in [-0.2, -0.15) is 0 Å². The average Bonchev–Trinajstić information content (AvgIpc) is 2.60. The minimum Gasteiger partial charge on any atom is -0.443 e. The third-order valence-corrected chi connectivity index (χ3v) is 3.26. The standard InChI is InChI=1S/C21H21FN2O3/c1-21(2,3)27-20(26)24(18-13-11-16(22)12-14-18)19(25)10-5-4-8-17-9-6-7-15-23-17/h6-7,9,11-15H,5,10H2,1-3H3. The molecule has 27 heavy (non-hydrogen) atoms. The van der Waals surface area contributed by atoms with Crippen LogP contribution in [0.5, 0.6) is 0 Å². The molecule has 2 aromatic rings. The molecule has 0 spiro atoms. The first-order valence-electron chi connectivity index (χ1n) is 8.48. The highest BCUT2D eigenvalue weighted by atomic mass is 19.1. The van der Waals surface area contributed by atoms with Gasteiger partial charge in [0.25, 0.3) is 0 Å². The van der Waals surface area contributed by atoms with E-state index in [1.165, 1.54) is 24.3 Å². The predicted octanol–water partition coefficient (Wildman–Crippen LogP) is 4.32. The lowest BCUT2D eigenvalue weighted by molar-refractivity contribution is -0.118. The topological polar surface area (TPSA) is 59.5 Å². The van der Waals surface area contributed by atoms with Crippen molar-refractivity contribution >= 4 is 17.7 Å². The van der Waals surface area contributed by atoms with Crippen molar-refractivity contribution in [1.82, 2.24) is 4.98 Å². The molecule has 5 nitrogen and oxygen atoms in total. The van der Waals surface area contributed by atoms with Crippen LogP contribution in [-0.2, 0) is 9.53 Å². The van der Waals surface area contributed by atoms with Gasteiger partial charge in [-0.25, -0.2) is 19.1 Å². The number of ether oxygens (including phenoxy) is 1. The highest BCUT2D eigenvalue weighted by molar-refractivity contribution is 6.12. The van der Waals surface area contributed by atoms with Crippen molar-refractivity contribution in [3.05, 3.63) is 60.2 Å². The van der Waals surface area contributed by atoms with E-state index in [1.807, 2.05) is 6.07 Å². The third kappa shape index (κ3) is 6.55. The lowest BCUT2D eigenvalue weighted by Gasteiger charge is -2.26. The Balaban J connectivity index is 2.12. The number of carbonyl (C=O) groups is 2. The van der Waals surface area contributed by atoms with Crippen LogP contribution in [0.25, 0.3) is 0 Å². The Hall–Kier alpha value is -3.20. The summed E-state index contributed by atoms with van der Waals surface area (Å²) >= 11 is 0. The monoisotopic (exact) mass is 368 g/mol. The number of pyridine rings is 1. The van der Waals surface area contributed by atoms with Crippen molar-refractivity contribution in [2.75, 3.05) is 4.90 Å². The fraction of sp³-hybridized carbons (Fsp3) is 0.286. The van der Waals surface area contributed by atoms with Crippen molar-refractivity contribution < 1.29 is 18.7 Å². The van der Waals surface area contributed by atoms with Crippen LogP contribution in [0.4, 0.5) is 14.9 Å². The van der Waals surface area contributed by atoms with Crippen LogP contribution in [0.15, 0.2) is 48.7 Å². The maximum absolute atomic E-state index is 13.2. The smallest absolute Gasteiger partial charge is 0.421 e. The number of rotatable bonds is 3. The zero-order chi connectivity index (χ0) is 19.9. The van der Waals surface area contributed by atoms with E-state index in [9.17, 15) is 14.0 Å². The van der Waals surface area contributed by atoms with Crippen LogP contribution in [0, 0.1) is 17.7 Å². The molecule has 0 bridgehead atoms. The fourth-order valence-corrected chi connectivity index (χ4v) is 2.12. The second-order valence-corrected chi connectivity index (χ2v) is 6.70. The lowest BCUT2D eigenvalue weighted by atomic mass is 10.2. The van der Waals surface area contributed by atoms with Crippen molar-refractivity contribution in [2.45, 2.75) is 39.2 Å². The van der Waals surface area contributed by atoms with Crippen LogP contribution in [0.2, 0.25) is 0 Å². The molecule has 0 fully saturated rings. The Labute approximate surface area is 158 Å². The van der Waals surface area contributed by atoms with Gasteiger partial charge in [-0.1, -0.05) is 12.0 Å². The van der Waals surface area contributed by atoms with E-state index in [-0.39, 0.29) is 18.5 Å². The van der Waals surface area contributed by atoms with Gasteiger partial charge in [-0.15, -0.1) is 0 Å². The molecule has 0 N–H and O–H groups in total. The second kappa shape index (κ2) is 8.95. The SMILES string of the molecule is CC(C)(C)OC(=O)N(C(=O)CCC#Cc1ccccn1)c1ccc(F)cc1. The number of aromatic nitrogens is 1. The molecule has 0 radical (unpaired) electrons. The van der Waals surface area contributed by atoms with Crippen LogP contribution in [0.1, 0.15) is 39.3 Å². The first kappa shape index (κ1) is 20.1. The van der Waals surface area contributed by atoms with E-state index in [0.717, 1.165) is 4.90 Å². The largest absolute Gasteiger partial charge is 0.443 e. The number of benzene rings is 1. The maximum atomic E-state index is 13.2. The summed E-state index contributed by atoms with van der Waals surface area (Å²) in [6.45, 7) is 5.11. The third-order valence-electron chi connectivity index (χ3n) is 3.26. The fourth-order valence-electron chi connectivity index (χ4n) is 2.12. The summed E-state index contributed by atoms with van der Waals surface area (Å²) in [6.07, 6.45) is 1.08. The maximum Gasteiger partial charge on any atom is 0.421 e. The summed E-state index contributed by atoms with van der Waals surface area (Å²) in [5.41, 5.74) is 0.0786. The molecule has 0 aliphatic rings. The highest BCUT2D eigenvalue weighted by Gasteiger charge is 2.28. The zero-order valence-corrected chi connectivity index (χ0v) is 15.5. The van der Waals surface area contributed by atoms with E-state index in [4.69, 9.17) is 4.74 Å². The van der Waals surface area contributed by atoms with E-state index in [0.29, 0.717) is 5.69 Å². The number of anilines is 1.